The summed E-state index contributed by atoms with van der Waals surface area (Å²) >= 11 is 0.993. The number of hydrogen-bond acceptors (Lipinski definition) is 6. The average molecular weight is 270 g/mol. The number of benzene rings is 1. The Morgan fingerprint density at radius 3 is 2.76 bits per heavy atom. The van der Waals surface area contributed by atoms with Gasteiger partial charge in [0, 0.05) is 17.2 Å². The van der Waals surface area contributed by atoms with E-state index in [-0.39, 0.29) is 10.0 Å². The predicted molar refractivity (Wildman–Crippen MR) is 66.3 cm³/mol. The Labute approximate surface area is 103 Å². The lowest BCUT2D eigenvalue weighted by Crippen LogP contribution is -2.13. The molecule has 8 heteroatoms. The molecule has 3 N–H and O–H groups in total. The van der Waals surface area contributed by atoms with Crippen molar-refractivity contribution in [1.82, 2.24) is 9.36 Å². The zero-order valence-corrected chi connectivity index (χ0v) is 10.5. The number of rotatable bonds is 3. The first-order valence-electron chi connectivity index (χ1n) is 4.66. The minimum atomic E-state index is -3.64. The smallest absolute Gasteiger partial charge is 0.263 e. The Kier molecular flexibility index (Phi) is 2.99. The third-order valence-corrected chi connectivity index (χ3v) is 4.11. The molecule has 0 saturated heterocycles. The molecule has 1 heterocycles. The molecule has 2 aromatic rings. The molecule has 0 spiro atoms. The predicted octanol–water partition coefficient (Wildman–Crippen LogP) is 1.23. The second-order valence-electron chi connectivity index (χ2n) is 3.32. The SMILES string of the molecule is Cc1nsc(NS(=O)(=O)c2cccc(N)c2)n1. The lowest BCUT2D eigenvalue weighted by Gasteiger charge is -2.04. The van der Waals surface area contributed by atoms with Crippen LogP contribution in [0.5, 0.6) is 0 Å². The first-order valence-corrected chi connectivity index (χ1v) is 6.92. The van der Waals surface area contributed by atoms with Gasteiger partial charge in [-0.2, -0.15) is 4.37 Å². The summed E-state index contributed by atoms with van der Waals surface area (Å²) in [4.78, 5) is 4.03. The average Bonchev–Trinajstić information content (AvgIpc) is 2.63. The summed E-state index contributed by atoms with van der Waals surface area (Å²) < 4.78 is 30.1. The highest BCUT2D eigenvalue weighted by Crippen LogP contribution is 2.18. The fourth-order valence-corrected chi connectivity index (χ4v) is 3.05. The van der Waals surface area contributed by atoms with Crippen molar-refractivity contribution in [3.8, 4) is 0 Å². The lowest BCUT2D eigenvalue weighted by atomic mass is 10.3. The van der Waals surface area contributed by atoms with E-state index in [2.05, 4.69) is 14.1 Å². The van der Waals surface area contributed by atoms with Gasteiger partial charge in [-0.3, -0.25) is 4.72 Å². The van der Waals surface area contributed by atoms with E-state index < -0.39 is 10.0 Å². The van der Waals surface area contributed by atoms with Gasteiger partial charge in [-0.15, -0.1) is 0 Å². The van der Waals surface area contributed by atoms with E-state index in [1.54, 1.807) is 19.1 Å². The van der Waals surface area contributed by atoms with Gasteiger partial charge in [0.05, 0.1) is 4.90 Å². The van der Waals surface area contributed by atoms with Crippen LogP contribution in [0.2, 0.25) is 0 Å². The van der Waals surface area contributed by atoms with E-state index in [1.807, 2.05) is 0 Å². The number of nitrogens with one attached hydrogen (secondary N) is 1. The van der Waals surface area contributed by atoms with Crippen LogP contribution in [-0.2, 0) is 10.0 Å². The lowest BCUT2D eigenvalue weighted by molar-refractivity contribution is 0.601. The van der Waals surface area contributed by atoms with Crippen molar-refractivity contribution in [2.24, 2.45) is 0 Å². The third-order valence-electron chi connectivity index (χ3n) is 1.92. The minimum Gasteiger partial charge on any atom is -0.399 e. The molecule has 1 aromatic carbocycles. The maximum absolute atomic E-state index is 11.9. The van der Waals surface area contributed by atoms with Crippen molar-refractivity contribution >= 4 is 32.4 Å². The number of aryl methyl sites for hydroxylation is 1. The molecule has 0 aliphatic carbocycles. The van der Waals surface area contributed by atoms with Gasteiger partial charge < -0.3 is 5.73 Å². The van der Waals surface area contributed by atoms with Crippen LogP contribution in [0.1, 0.15) is 5.82 Å². The van der Waals surface area contributed by atoms with Crippen LogP contribution in [0.25, 0.3) is 0 Å². The van der Waals surface area contributed by atoms with Crippen molar-refractivity contribution in [2.75, 3.05) is 10.5 Å². The first kappa shape index (κ1) is 11.8. The van der Waals surface area contributed by atoms with Crippen LogP contribution in [0, 0.1) is 6.92 Å². The van der Waals surface area contributed by atoms with Crippen LogP contribution in [-0.4, -0.2) is 17.8 Å². The third kappa shape index (κ3) is 2.71. The number of nitrogens with two attached hydrogens (primary N) is 1. The van der Waals surface area contributed by atoms with E-state index >= 15 is 0 Å². The molecular weight excluding hydrogens is 260 g/mol. The van der Waals surface area contributed by atoms with Gasteiger partial charge in [0.15, 0.2) is 0 Å². The molecule has 2 rings (SSSR count). The molecule has 0 aliphatic rings. The Bertz CT molecular complexity index is 636. The number of nitrogens with zero attached hydrogens (tertiary/aromatic N) is 2. The minimum absolute atomic E-state index is 0.102. The molecule has 1 aromatic heterocycles. The summed E-state index contributed by atoms with van der Waals surface area (Å²) in [7, 11) is -3.64. The normalized spacial score (nSPS) is 11.4. The zero-order chi connectivity index (χ0) is 12.5. The van der Waals surface area contributed by atoms with E-state index in [9.17, 15) is 8.42 Å². The van der Waals surface area contributed by atoms with E-state index in [1.165, 1.54) is 12.1 Å². The Balaban J connectivity index is 2.31. The first-order chi connectivity index (χ1) is 7.97. The van der Waals surface area contributed by atoms with Gasteiger partial charge in [-0.05, 0) is 25.1 Å². The van der Waals surface area contributed by atoms with Gasteiger partial charge in [0.25, 0.3) is 10.0 Å². The Morgan fingerprint density at radius 2 is 2.18 bits per heavy atom. The van der Waals surface area contributed by atoms with Crippen molar-refractivity contribution in [1.29, 1.82) is 0 Å². The number of aromatic nitrogens is 2. The molecule has 0 aliphatic heterocycles. The van der Waals surface area contributed by atoms with E-state index in [0.717, 1.165) is 11.5 Å². The largest absolute Gasteiger partial charge is 0.399 e. The van der Waals surface area contributed by atoms with E-state index in [4.69, 9.17) is 5.73 Å². The van der Waals surface area contributed by atoms with Gasteiger partial charge in [-0.1, -0.05) is 6.07 Å². The Hall–Kier alpha value is -1.67. The molecule has 0 amide bonds. The maximum atomic E-state index is 11.9. The van der Waals surface area contributed by atoms with Crippen LogP contribution in [0.4, 0.5) is 10.8 Å². The molecule has 17 heavy (non-hydrogen) atoms. The standard InChI is InChI=1S/C9H10N4O2S2/c1-6-11-9(16-12-6)13-17(14,15)8-4-2-3-7(10)5-8/h2-5H,10H2,1H3,(H,11,12,13). The summed E-state index contributed by atoms with van der Waals surface area (Å²) in [6.45, 7) is 1.69. The van der Waals surface area contributed by atoms with E-state index in [0.29, 0.717) is 11.5 Å². The van der Waals surface area contributed by atoms with Gasteiger partial charge in [0.1, 0.15) is 5.82 Å². The highest BCUT2D eigenvalue weighted by atomic mass is 32.2. The fourth-order valence-electron chi connectivity index (χ4n) is 1.19. The molecule has 0 fully saturated rings. The molecule has 0 saturated carbocycles. The van der Waals surface area contributed by atoms with Crippen LogP contribution >= 0.6 is 11.5 Å². The molecule has 0 radical (unpaired) electrons. The van der Waals surface area contributed by atoms with Crippen LogP contribution in [0.15, 0.2) is 29.2 Å². The second kappa shape index (κ2) is 4.30. The number of nitrogen functional groups attached to an aromatic ring is 1. The van der Waals surface area contributed by atoms with Crippen LogP contribution in [0.3, 0.4) is 0 Å². The molecule has 0 atom stereocenters. The van der Waals surface area contributed by atoms with Crippen LogP contribution < -0.4 is 10.5 Å². The fraction of sp³-hybridized carbons (Fsp3) is 0.111. The molecule has 6 nitrogen and oxygen atoms in total. The topological polar surface area (TPSA) is 98.0 Å². The molecule has 0 bridgehead atoms. The summed E-state index contributed by atoms with van der Waals surface area (Å²) in [5, 5.41) is 0.241. The van der Waals surface area contributed by atoms with Gasteiger partial charge >= 0.3 is 0 Å². The highest BCUT2D eigenvalue weighted by Gasteiger charge is 2.16. The number of hydrogen-bond donors (Lipinski definition) is 2. The highest BCUT2D eigenvalue weighted by molar-refractivity contribution is 7.93. The molecule has 90 valence electrons. The van der Waals surface area contributed by atoms with Gasteiger partial charge in [0.2, 0.25) is 5.13 Å². The second-order valence-corrected chi connectivity index (χ2v) is 5.76. The quantitative estimate of drug-likeness (QED) is 0.817. The number of anilines is 2. The monoisotopic (exact) mass is 270 g/mol. The summed E-state index contributed by atoms with van der Waals surface area (Å²) in [6, 6.07) is 6.05. The summed E-state index contributed by atoms with van der Waals surface area (Å²) in [5.41, 5.74) is 5.93. The summed E-state index contributed by atoms with van der Waals surface area (Å²) in [5.74, 6) is 0.528. The molecule has 0 unspecified atom stereocenters. The van der Waals surface area contributed by atoms with Gasteiger partial charge in [-0.25, -0.2) is 13.4 Å². The Morgan fingerprint density at radius 1 is 1.41 bits per heavy atom. The zero-order valence-electron chi connectivity index (χ0n) is 8.91. The summed E-state index contributed by atoms with van der Waals surface area (Å²) in [6.07, 6.45) is 0. The van der Waals surface area contributed by atoms with Crippen molar-refractivity contribution < 1.29 is 8.42 Å². The van der Waals surface area contributed by atoms with Crippen molar-refractivity contribution in [3.63, 3.8) is 0 Å². The van der Waals surface area contributed by atoms with Crippen molar-refractivity contribution in [3.05, 3.63) is 30.1 Å². The molecular formula is C9H10N4O2S2. The number of sulfonamides is 1. The van der Waals surface area contributed by atoms with Crippen molar-refractivity contribution in [2.45, 2.75) is 11.8 Å². The maximum Gasteiger partial charge on any atom is 0.263 e.